The first-order chi connectivity index (χ1) is 48.5. The van der Waals surface area contributed by atoms with Crippen LogP contribution in [0.5, 0.6) is 0 Å². The van der Waals surface area contributed by atoms with Crippen LogP contribution < -0.4 is 0 Å². The minimum absolute atomic E-state index is 0.0793. The lowest BCUT2D eigenvalue weighted by Gasteiger charge is -2.42. The Morgan fingerprint density at radius 2 is 0.469 bits per heavy atom. The van der Waals surface area contributed by atoms with Gasteiger partial charge in [-0.25, -0.2) is 39.9 Å². The van der Waals surface area contributed by atoms with Gasteiger partial charge in [-0.05, 0) is 128 Å². The lowest BCUT2D eigenvalue weighted by atomic mass is 9.60. The third-order valence-corrected chi connectivity index (χ3v) is 19.2. The molecule has 10 nitrogen and oxygen atoms in total. The molecule has 3 aliphatic carbocycles. The Morgan fingerprint density at radius 1 is 0.184 bits per heavy atom. The first-order valence-corrected chi connectivity index (χ1v) is 33.0. The molecule has 98 heavy (non-hydrogen) atoms. The topological polar surface area (TPSA) is 113 Å². The molecule has 2 unspecified atom stereocenters. The number of benzene rings is 13. The van der Waals surface area contributed by atoms with Crippen LogP contribution in [0.1, 0.15) is 45.2 Å². The van der Waals surface area contributed by atoms with Gasteiger partial charge < -0.3 is 0 Å². The maximum absolute atomic E-state index is 5.22. The summed E-state index contributed by atoms with van der Waals surface area (Å²) in [6.45, 7) is 0. The second-order valence-corrected chi connectivity index (χ2v) is 25.0. The molecule has 0 spiro atoms. The summed E-state index contributed by atoms with van der Waals surface area (Å²) < 4.78 is 4.44. The van der Waals surface area contributed by atoms with Gasteiger partial charge in [0.25, 0.3) is 0 Å². The quantitative estimate of drug-likeness (QED) is 0.119. The van der Waals surface area contributed by atoms with Crippen LogP contribution in [0, 0.1) is 0 Å². The smallest absolute Gasteiger partial charge is 0.164 e. The van der Waals surface area contributed by atoms with Gasteiger partial charge in [0.1, 0.15) is 11.6 Å². The zero-order valence-electron chi connectivity index (χ0n) is 52.8. The number of nitrogens with zero attached hydrogens (tertiary/aromatic N) is 10. The highest BCUT2D eigenvalue weighted by Gasteiger charge is 2.41. The first kappa shape index (κ1) is 56.4. The molecule has 17 aromatic rings. The van der Waals surface area contributed by atoms with Gasteiger partial charge >= 0.3 is 0 Å². The van der Waals surface area contributed by atoms with E-state index in [4.69, 9.17) is 39.9 Å². The average molecular weight is 1250 g/mol. The van der Waals surface area contributed by atoms with Crippen molar-refractivity contribution < 1.29 is 0 Å². The molecule has 0 saturated heterocycles. The second kappa shape index (κ2) is 23.4. The van der Waals surface area contributed by atoms with Crippen LogP contribution in [-0.4, -0.2) is 49.0 Å². The van der Waals surface area contributed by atoms with Crippen molar-refractivity contribution in [2.24, 2.45) is 0 Å². The van der Waals surface area contributed by atoms with Crippen LogP contribution in [0.15, 0.2) is 328 Å². The van der Waals surface area contributed by atoms with Crippen molar-refractivity contribution in [2.75, 3.05) is 0 Å². The molecule has 0 saturated carbocycles. The van der Waals surface area contributed by atoms with E-state index in [0.29, 0.717) is 34.9 Å². The van der Waals surface area contributed by atoms with Gasteiger partial charge in [-0.3, -0.25) is 9.13 Å². The molecule has 4 aromatic heterocycles. The predicted octanol–water partition coefficient (Wildman–Crippen LogP) is 20.4. The van der Waals surface area contributed by atoms with Gasteiger partial charge in [0.2, 0.25) is 0 Å². The minimum atomic E-state index is 0.0793. The molecule has 0 fully saturated rings. The lowest BCUT2D eigenvalue weighted by molar-refractivity contribution is 0.755. The zero-order chi connectivity index (χ0) is 64.6. The normalized spacial score (nSPS) is 13.5. The highest BCUT2D eigenvalue weighted by atomic mass is 15.1. The maximum atomic E-state index is 5.22. The molecule has 4 heterocycles. The number of hydrogen-bond acceptors (Lipinski definition) is 8. The number of aromatic nitrogens is 10. The van der Waals surface area contributed by atoms with Crippen molar-refractivity contribution in [3.63, 3.8) is 0 Å². The zero-order valence-corrected chi connectivity index (χ0v) is 52.8. The monoisotopic (exact) mass is 1250 g/mol. The van der Waals surface area contributed by atoms with Crippen LogP contribution in [-0.2, 0) is 0 Å². The van der Waals surface area contributed by atoms with Gasteiger partial charge in [-0.1, -0.05) is 255 Å². The van der Waals surface area contributed by atoms with Crippen LogP contribution in [0.4, 0.5) is 0 Å². The first-order valence-electron chi connectivity index (χ1n) is 33.0. The second-order valence-electron chi connectivity index (χ2n) is 25.0. The van der Waals surface area contributed by atoms with E-state index in [2.05, 4.69) is 252 Å². The summed E-state index contributed by atoms with van der Waals surface area (Å²) in [6.07, 6.45) is 0. The Balaban J connectivity index is 0.627. The number of hydrogen-bond donors (Lipinski definition) is 0. The Morgan fingerprint density at radius 3 is 0.867 bits per heavy atom. The van der Waals surface area contributed by atoms with Crippen LogP contribution in [0.25, 0.3) is 147 Å². The van der Waals surface area contributed by atoms with E-state index in [1.165, 1.54) is 33.4 Å². The molecule has 0 N–H and O–H groups in total. The highest BCUT2D eigenvalue weighted by Crippen LogP contribution is 2.57. The van der Waals surface area contributed by atoms with Crippen molar-refractivity contribution in [1.82, 2.24) is 49.0 Å². The Bertz CT molecular complexity index is 5560. The Labute approximate surface area is 565 Å². The van der Waals surface area contributed by atoms with Crippen molar-refractivity contribution >= 4 is 22.1 Å². The van der Waals surface area contributed by atoms with E-state index in [-0.39, 0.29) is 11.8 Å². The molecule has 0 aliphatic heterocycles. The number of rotatable bonds is 12. The van der Waals surface area contributed by atoms with Crippen LogP contribution >= 0.6 is 0 Å². The van der Waals surface area contributed by atoms with E-state index in [1.54, 1.807) is 0 Å². The largest absolute Gasteiger partial charge is 0.292 e. The molecule has 2 atom stereocenters. The lowest BCUT2D eigenvalue weighted by Crippen LogP contribution is -2.27. The highest BCUT2D eigenvalue weighted by molar-refractivity contribution is 5.87. The number of imidazole rings is 2. The Kier molecular flexibility index (Phi) is 13.4. The third kappa shape index (κ3) is 9.80. The van der Waals surface area contributed by atoms with E-state index in [0.717, 1.165) is 112 Å². The summed E-state index contributed by atoms with van der Waals surface area (Å²) in [7, 11) is 0. The third-order valence-electron chi connectivity index (χ3n) is 19.2. The summed E-state index contributed by atoms with van der Waals surface area (Å²) in [5.74, 6) is 5.41. The maximum Gasteiger partial charge on any atom is 0.164 e. The van der Waals surface area contributed by atoms with Crippen molar-refractivity contribution in [2.45, 2.75) is 11.8 Å². The molecular formula is C88H56N10. The molecule has 458 valence electrons. The molecule has 20 rings (SSSR count). The molecule has 10 heteroatoms. The summed E-state index contributed by atoms with van der Waals surface area (Å²) in [5, 5.41) is 0. The molecule has 3 aliphatic rings. The SMILES string of the molecule is c1ccc(-c2nc(-c3ccc(-c4ccc5c(c4)C4c6ccccc6C5c5cc(-c6ccc(-c7nc(-c8ccccc8)nc(-c8cccc(-c9nc%10ccccc%10n9-c9ccccc9)c8)n7)cc6)ccc54)cc3)nc(-c3cccc(-c4nc5ccccc5n4-c4ccccc4)c3)n2)cc1. The van der Waals surface area contributed by atoms with Crippen LogP contribution in [0.2, 0.25) is 0 Å². The fourth-order valence-corrected chi connectivity index (χ4v) is 14.6. The molecule has 0 amide bonds. The molecule has 0 radical (unpaired) electrons. The van der Waals surface area contributed by atoms with E-state index >= 15 is 0 Å². The number of para-hydroxylation sites is 6. The number of fused-ring (bicyclic) bond motifs is 2. The standard InChI is InChI=1S/C88H56N10/c1-5-21-57(22-6-1)81-91-83(95-85(93-81)63-25-19-27-65(51-63)87-89-75-35-15-17-37-77(75)97(87)67-29-9-3-10-30-67)59-43-39-55(40-44-59)61-47-49-71-73(53-61)79-69-33-13-14-34-70(69)80(71)74-54-62(48-50-72(74)79)56-41-45-60(46-42-56)84-92-82(58-23-7-2-8-24-58)94-86(96-84)64-26-20-28-66(52-64)88-90-76-36-16-18-38-78(76)98(88)68-31-11-4-12-32-68/h1-54,79-80H. The van der Waals surface area contributed by atoms with Gasteiger partial charge in [0.05, 0.1) is 22.1 Å². The predicted molar refractivity (Wildman–Crippen MR) is 392 cm³/mol. The van der Waals surface area contributed by atoms with Gasteiger partial charge in [-0.2, -0.15) is 0 Å². The summed E-state index contributed by atoms with van der Waals surface area (Å²) >= 11 is 0. The van der Waals surface area contributed by atoms with Crippen molar-refractivity contribution in [1.29, 1.82) is 0 Å². The fourth-order valence-electron chi connectivity index (χ4n) is 14.6. The Hall–Kier alpha value is -13.2. The van der Waals surface area contributed by atoms with Crippen molar-refractivity contribution in [3.8, 4) is 125 Å². The average Bonchev–Trinajstić information content (AvgIpc) is 0.815. The van der Waals surface area contributed by atoms with Crippen LogP contribution in [0.3, 0.4) is 0 Å². The molecule has 2 bridgehead atoms. The minimum Gasteiger partial charge on any atom is -0.292 e. The van der Waals surface area contributed by atoms with Gasteiger partial charge in [0.15, 0.2) is 34.9 Å². The van der Waals surface area contributed by atoms with Gasteiger partial charge in [-0.15, -0.1) is 0 Å². The molecular weight excluding hydrogens is 1200 g/mol. The summed E-state index contributed by atoms with van der Waals surface area (Å²) in [4.78, 5) is 41.3. The molecule has 13 aromatic carbocycles. The van der Waals surface area contributed by atoms with Crippen molar-refractivity contribution in [3.05, 3.63) is 361 Å². The summed E-state index contributed by atoms with van der Waals surface area (Å²) in [5.41, 5.74) is 26.0. The van der Waals surface area contributed by atoms with E-state index in [1.807, 2.05) is 84.9 Å². The fraction of sp³-hybridized carbons (Fsp3) is 0.0227. The van der Waals surface area contributed by atoms with E-state index in [9.17, 15) is 0 Å². The van der Waals surface area contributed by atoms with E-state index < -0.39 is 0 Å². The van der Waals surface area contributed by atoms with Gasteiger partial charge in [0, 0.05) is 67.7 Å². The summed E-state index contributed by atoms with van der Waals surface area (Å²) in [6, 6.07) is 115.